The van der Waals surface area contributed by atoms with E-state index in [4.69, 9.17) is 0 Å². The standard InChI is InChI=1S/C18H36N6O2S.HI/c1-5-8-19-16(25)14-24-10-6-15(7-11-24)22-18(20-9-12-27-4)21-13-17(26)23(2)3;/h15H,5-14H2,1-4H3,(H,19,25)(H2,20,21,22);1H. The van der Waals surface area contributed by atoms with Crippen molar-refractivity contribution in [1.29, 1.82) is 0 Å². The van der Waals surface area contributed by atoms with Gasteiger partial charge < -0.3 is 20.9 Å². The quantitative estimate of drug-likeness (QED) is 0.167. The summed E-state index contributed by atoms with van der Waals surface area (Å²) in [4.78, 5) is 31.8. The second kappa shape index (κ2) is 16.1. The van der Waals surface area contributed by atoms with E-state index in [1.165, 1.54) is 0 Å². The van der Waals surface area contributed by atoms with Crippen molar-refractivity contribution in [2.24, 2.45) is 4.99 Å². The van der Waals surface area contributed by atoms with Gasteiger partial charge in [-0.15, -0.1) is 24.0 Å². The van der Waals surface area contributed by atoms with Crippen LogP contribution in [0.2, 0.25) is 0 Å². The summed E-state index contributed by atoms with van der Waals surface area (Å²) in [6.45, 7) is 5.96. The second-order valence-corrected chi connectivity index (χ2v) is 7.90. The van der Waals surface area contributed by atoms with E-state index in [1.807, 2.05) is 0 Å². The molecule has 8 nitrogen and oxygen atoms in total. The van der Waals surface area contributed by atoms with E-state index in [9.17, 15) is 9.59 Å². The number of aliphatic imine (C=N–C) groups is 1. The number of amides is 2. The Morgan fingerprint density at radius 3 is 2.43 bits per heavy atom. The van der Waals surface area contributed by atoms with Gasteiger partial charge in [0.15, 0.2) is 5.96 Å². The van der Waals surface area contributed by atoms with Gasteiger partial charge in [0.05, 0.1) is 6.54 Å². The summed E-state index contributed by atoms with van der Waals surface area (Å²) in [6.07, 6.45) is 4.92. The number of hydrogen-bond acceptors (Lipinski definition) is 5. The molecule has 0 atom stereocenters. The summed E-state index contributed by atoms with van der Waals surface area (Å²) in [6, 6.07) is 0.301. The number of hydrogen-bond donors (Lipinski definition) is 3. The Morgan fingerprint density at radius 1 is 1.18 bits per heavy atom. The van der Waals surface area contributed by atoms with Crippen molar-refractivity contribution in [2.45, 2.75) is 32.2 Å². The molecule has 1 heterocycles. The largest absolute Gasteiger partial charge is 0.356 e. The van der Waals surface area contributed by atoms with Crippen LogP contribution in [0.5, 0.6) is 0 Å². The lowest BCUT2D eigenvalue weighted by Crippen LogP contribution is -2.50. The van der Waals surface area contributed by atoms with Gasteiger partial charge in [0.2, 0.25) is 11.8 Å². The van der Waals surface area contributed by atoms with Crippen LogP contribution in [-0.4, -0.2) is 99.0 Å². The van der Waals surface area contributed by atoms with Crippen LogP contribution >= 0.6 is 35.7 Å². The van der Waals surface area contributed by atoms with E-state index in [1.54, 1.807) is 30.8 Å². The normalized spacial score (nSPS) is 15.5. The number of halogens is 1. The third kappa shape index (κ3) is 11.9. The molecule has 0 unspecified atom stereocenters. The molecule has 0 aromatic rings. The average molecular weight is 529 g/mol. The van der Waals surface area contributed by atoms with Crippen LogP contribution in [0, 0.1) is 0 Å². The number of rotatable bonds is 10. The lowest BCUT2D eigenvalue weighted by molar-refractivity contribution is -0.127. The predicted octanol–water partition coefficient (Wildman–Crippen LogP) is 0.581. The number of likely N-dealkylation sites (tertiary alicyclic amines) is 1. The van der Waals surface area contributed by atoms with E-state index in [0.29, 0.717) is 18.5 Å². The summed E-state index contributed by atoms with van der Waals surface area (Å²) in [7, 11) is 3.47. The maximum Gasteiger partial charge on any atom is 0.243 e. The molecule has 0 aliphatic carbocycles. The maximum atomic E-state index is 11.8. The molecule has 0 bridgehead atoms. The van der Waals surface area contributed by atoms with Crippen LogP contribution in [0.4, 0.5) is 0 Å². The third-order valence-electron chi connectivity index (χ3n) is 4.34. The molecule has 0 aromatic heterocycles. The van der Waals surface area contributed by atoms with Gasteiger partial charge >= 0.3 is 0 Å². The smallest absolute Gasteiger partial charge is 0.243 e. The van der Waals surface area contributed by atoms with Gasteiger partial charge in [-0.1, -0.05) is 6.92 Å². The Labute approximate surface area is 191 Å². The summed E-state index contributed by atoms with van der Waals surface area (Å²) in [5.41, 5.74) is 0. The van der Waals surface area contributed by atoms with E-state index < -0.39 is 0 Å². The van der Waals surface area contributed by atoms with Crippen molar-refractivity contribution in [2.75, 3.05) is 65.4 Å². The number of guanidine groups is 1. The molecule has 10 heteroatoms. The van der Waals surface area contributed by atoms with E-state index in [2.05, 4.69) is 39.0 Å². The van der Waals surface area contributed by atoms with Crippen molar-refractivity contribution < 1.29 is 9.59 Å². The highest BCUT2D eigenvalue weighted by Gasteiger charge is 2.21. The van der Waals surface area contributed by atoms with Crippen molar-refractivity contribution in [3.05, 3.63) is 0 Å². The fraction of sp³-hybridized carbons (Fsp3) is 0.833. The number of nitrogens with zero attached hydrogens (tertiary/aromatic N) is 3. The van der Waals surface area contributed by atoms with Crippen LogP contribution in [0.1, 0.15) is 26.2 Å². The summed E-state index contributed by atoms with van der Waals surface area (Å²) >= 11 is 1.77. The molecule has 1 saturated heterocycles. The van der Waals surface area contributed by atoms with Gasteiger partial charge in [-0.2, -0.15) is 11.8 Å². The van der Waals surface area contributed by atoms with Gasteiger partial charge in [-0.25, -0.2) is 4.99 Å². The first-order valence-electron chi connectivity index (χ1n) is 9.69. The minimum absolute atomic E-state index is 0. The zero-order chi connectivity index (χ0) is 20.1. The molecular weight excluding hydrogens is 491 g/mol. The molecule has 1 aliphatic heterocycles. The predicted molar refractivity (Wildman–Crippen MR) is 129 cm³/mol. The van der Waals surface area contributed by atoms with Crippen molar-refractivity contribution in [1.82, 2.24) is 25.8 Å². The Bertz CT molecular complexity index is 485. The van der Waals surface area contributed by atoms with Crippen molar-refractivity contribution in [3.8, 4) is 0 Å². The molecule has 1 rings (SSSR count). The highest BCUT2D eigenvalue weighted by molar-refractivity contribution is 14.0. The highest BCUT2D eigenvalue weighted by Crippen LogP contribution is 2.09. The number of nitrogens with one attached hydrogen (secondary N) is 3. The Morgan fingerprint density at radius 2 is 1.86 bits per heavy atom. The second-order valence-electron chi connectivity index (χ2n) is 6.92. The zero-order valence-electron chi connectivity index (χ0n) is 17.6. The lowest BCUT2D eigenvalue weighted by atomic mass is 10.1. The van der Waals surface area contributed by atoms with Crippen molar-refractivity contribution in [3.63, 3.8) is 0 Å². The lowest BCUT2D eigenvalue weighted by Gasteiger charge is -2.32. The zero-order valence-corrected chi connectivity index (χ0v) is 20.8. The van der Waals surface area contributed by atoms with Gasteiger partial charge in [0.1, 0.15) is 6.54 Å². The first-order valence-corrected chi connectivity index (χ1v) is 11.1. The van der Waals surface area contributed by atoms with Crippen LogP contribution in [0.25, 0.3) is 0 Å². The Hall–Kier alpha value is -0.750. The average Bonchev–Trinajstić information content (AvgIpc) is 2.65. The highest BCUT2D eigenvalue weighted by atomic mass is 127. The first-order chi connectivity index (χ1) is 13.0. The summed E-state index contributed by atoms with van der Waals surface area (Å²) in [5.74, 6) is 1.76. The molecule has 3 N–H and O–H groups in total. The Balaban J connectivity index is 0.00000729. The third-order valence-corrected chi connectivity index (χ3v) is 4.95. The number of carbonyl (C=O) groups is 2. The molecule has 28 heavy (non-hydrogen) atoms. The Kier molecular flexibility index (Phi) is 15.7. The summed E-state index contributed by atoms with van der Waals surface area (Å²) < 4.78 is 0. The molecule has 0 radical (unpaired) electrons. The van der Waals surface area contributed by atoms with Crippen LogP contribution < -0.4 is 16.0 Å². The molecule has 0 saturated carbocycles. The van der Waals surface area contributed by atoms with E-state index >= 15 is 0 Å². The fourth-order valence-corrected chi connectivity index (χ4v) is 2.97. The maximum absolute atomic E-state index is 11.8. The molecule has 1 fully saturated rings. The fourth-order valence-electron chi connectivity index (χ4n) is 2.66. The molecule has 2 amide bonds. The number of thioether (sulfide) groups is 1. The number of carbonyl (C=O) groups excluding carboxylic acids is 2. The van der Waals surface area contributed by atoms with E-state index in [-0.39, 0.29) is 42.3 Å². The first kappa shape index (κ1) is 27.2. The molecule has 0 spiro atoms. The topological polar surface area (TPSA) is 89.1 Å². The molecular formula is C18H37IN6O2S. The van der Waals surface area contributed by atoms with Gasteiger partial charge in [-0.05, 0) is 25.5 Å². The molecule has 0 aromatic carbocycles. The van der Waals surface area contributed by atoms with Crippen LogP contribution in [0.3, 0.4) is 0 Å². The minimum Gasteiger partial charge on any atom is -0.356 e. The van der Waals surface area contributed by atoms with Crippen LogP contribution in [0.15, 0.2) is 4.99 Å². The number of likely N-dealkylation sites (N-methyl/N-ethyl adjacent to an activating group) is 1. The summed E-state index contributed by atoms with van der Waals surface area (Å²) in [5, 5.41) is 9.67. The van der Waals surface area contributed by atoms with Crippen LogP contribution in [-0.2, 0) is 9.59 Å². The monoisotopic (exact) mass is 528 g/mol. The van der Waals surface area contributed by atoms with E-state index in [0.717, 1.165) is 51.2 Å². The molecule has 164 valence electrons. The van der Waals surface area contributed by atoms with Gasteiger partial charge in [0.25, 0.3) is 0 Å². The number of piperidine rings is 1. The molecule has 1 aliphatic rings. The van der Waals surface area contributed by atoms with Crippen molar-refractivity contribution >= 4 is 53.5 Å². The minimum atomic E-state index is -0.0196. The van der Waals surface area contributed by atoms with Gasteiger partial charge in [0, 0.05) is 52.1 Å². The SMILES string of the molecule is CCCNC(=O)CN1CCC(NC(=NCC(=O)N(C)C)NCCSC)CC1.I. The van der Waals surface area contributed by atoms with Gasteiger partial charge in [-0.3, -0.25) is 14.5 Å².